The Morgan fingerprint density at radius 2 is 2.11 bits per heavy atom. The molecule has 1 aliphatic rings. The zero-order chi connectivity index (χ0) is 14.5. The number of amides is 1. The van der Waals surface area contributed by atoms with Gasteiger partial charge in [0.05, 0.1) is 7.11 Å². The minimum Gasteiger partial charge on any atom is -0.467 e. The maximum Gasteiger partial charge on any atom is 0.408 e. The van der Waals surface area contributed by atoms with Gasteiger partial charge in [-0.05, 0) is 46.5 Å². The van der Waals surface area contributed by atoms with Crippen LogP contribution < -0.4 is 5.32 Å². The van der Waals surface area contributed by atoms with E-state index < -0.39 is 23.7 Å². The number of alkyl carbamates (subject to hydrolysis) is 1. The average Bonchev–Trinajstić information content (AvgIpc) is 2.77. The van der Waals surface area contributed by atoms with Crippen molar-refractivity contribution >= 4 is 12.1 Å². The molecule has 1 aliphatic carbocycles. The lowest BCUT2D eigenvalue weighted by Gasteiger charge is -2.22. The Balaban J connectivity index is 2.59. The van der Waals surface area contributed by atoms with Gasteiger partial charge in [0, 0.05) is 0 Å². The van der Waals surface area contributed by atoms with Gasteiger partial charge in [-0.15, -0.1) is 0 Å². The van der Waals surface area contributed by atoms with Gasteiger partial charge in [0.25, 0.3) is 0 Å². The van der Waals surface area contributed by atoms with E-state index >= 15 is 0 Å². The number of hydrogen-bond donors (Lipinski definition) is 1. The molecule has 0 radical (unpaired) electrons. The van der Waals surface area contributed by atoms with Crippen molar-refractivity contribution in [2.24, 2.45) is 0 Å². The smallest absolute Gasteiger partial charge is 0.408 e. The molecular formula is C14H23NO4. The summed E-state index contributed by atoms with van der Waals surface area (Å²) in [7, 11) is 1.31. The maximum absolute atomic E-state index is 11.7. The third-order valence-corrected chi connectivity index (χ3v) is 2.78. The second-order valence-corrected chi connectivity index (χ2v) is 5.68. The summed E-state index contributed by atoms with van der Waals surface area (Å²) in [5, 5.41) is 2.57. The molecule has 0 heterocycles. The number of ether oxygens (including phenoxy) is 2. The molecule has 5 nitrogen and oxygen atoms in total. The Labute approximate surface area is 114 Å². The molecule has 0 aromatic heterocycles. The van der Waals surface area contributed by atoms with Gasteiger partial charge in [-0.3, -0.25) is 0 Å². The van der Waals surface area contributed by atoms with Crippen molar-refractivity contribution in [3.63, 3.8) is 0 Å². The number of carbonyl (C=O) groups excluding carboxylic acids is 2. The van der Waals surface area contributed by atoms with Crippen molar-refractivity contribution in [1.82, 2.24) is 5.32 Å². The molecule has 0 spiro atoms. The van der Waals surface area contributed by atoms with Gasteiger partial charge in [-0.2, -0.15) is 0 Å². The summed E-state index contributed by atoms with van der Waals surface area (Å²) in [5.74, 6) is -0.446. The van der Waals surface area contributed by atoms with Crippen LogP contribution in [0.2, 0.25) is 0 Å². The van der Waals surface area contributed by atoms with Crippen molar-refractivity contribution in [3.8, 4) is 0 Å². The van der Waals surface area contributed by atoms with Crippen LogP contribution in [0.25, 0.3) is 0 Å². The molecule has 0 fully saturated rings. The quantitative estimate of drug-likeness (QED) is 0.629. The number of carbonyl (C=O) groups is 2. The summed E-state index contributed by atoms with van der Waals surface area (Å²) < 4.78 is 9.87. The molecule has 1 rings (SSSR count). The fourth-order valence-corrected chi connectivity index (χ4v) is 1.97. The molecule has 0 saturated carbocycles. The minimum atomic E-state index is -0.677. The van der Waals surface area contributed by atoms with Crippen molar-refractivity contribution in [1.29, 1.82) is 0 Å². The number of allylic oxidation sites excluding steroid dienone is 1. The Hall–Kier alpha value is -1.52. The van der Waals surface area contributed by atoms with E-state index in [-0.39, 0.29) is 0 Å². The molecular weight excluding hydrogens is 246 g/mol. The monoisotopic (exact) mass is 269 g/mol. The van der Waals surface area contributed by atoms with Crippen LogP contribution in [-0.4, -0.2) is 30.8 Å². The van der Waals surface area contributed by atoms with Crippen LogP contribution in [-0.2, 0) is 14.3 Å². The van der Waals surface area contributed by atoms with E-state index in [1.807, 2.05) is 0 Å². The highest BCUT2D eigenvalue weighted by Crippen LogP contribution is 2.22. The highest BCUT2D eigenvalue weighted by atomic mass is 16.6. The number of rotatable bonds is 4. The first-order valence-electron chi connectivity index (χ1n) is 6.57. The highest BCUT2D eigenvalue weighted by molar-refractivity contribution is 5.81. The van der Waals surface area contributed by atoms with E-state index in [2.05, 4.69) is 11.4 Å². The van der Waals surface area contributed by atoms with Gasteiger partial charge < -0.3 is 14.8 Å². The SMILES string of the molecule is COC(=O)[C@@H](CC1=CCCC1)NC(=O)OC(C)(C)C. The Morgan fingerprint density at radius 3 is 2.58 bits per heavy atom. The van der Waals surface area contributed by atoms with Crippen LogP contribution in [0.5, 0.6) is 0 Å². The number of esters is 1. The van der Waals surface area contributed by atoms with E-state index in [4.69, 9.17) is 9.47 Å². The molecule has 0 aliphatic heterocycles. The molecule has 0 aromatic carbocycles. The lowest BCUT2D eigenvalue weighted by Crippen LogP contribution is -2.44. The molecule has 19 heavy (non-hydrogen) atoms. The molecule has 1 amide bonds. The standard InChI is InChI=1S/C14H23NO4/c1-14(2,3)19-13(17)15-11(12(16)18-4)9-10-7-5-6-8-10/h7,11H,5-6,8-9H2,1-4H3,(H,15,17)/t11-/m1/s1. The fourth-order valence-electron chi connectivity index (χ4n) is 1.97. The molecule has 5 heteroatoms. The number of methoxy groups -OCH3 is 1. The third-order valence-electron chi connectivity index (χ3n) is 2.78. The average molecular weight is 269 g/mol. The zero-order valence-corrected chi connectivity index (χ0v) is 12.1. The van der Waals surface area contributed by atoms with E-state index in [0.29, 0.717) is 6.42 Å². The number of nitrogens with one attached hydrogen (secondary N) is 1. The third kappa shape index (κ3) is 5.77. The zero-order valence-electron chi connectivity index (χ0n) is 12.1. The summed E-state index contributed by atoms with van der Waals surface area (Å²) in [6.45, 7) is 5.33. The first kappa shape index (κ1) is 15.5. The van der Waals surface area contributed by atoms with Crippen LogP contribution in [0.3, 0.4) is 0 Å². The number of hydrogen-bond acceptors (Lipinski definition) is 4. The van der Waals surface area contributed by atoms with Gasteiger partial charge >= 0.3 is 12.1 Å². The van der Waals surface area contributed by atoms with Gasteiger partial charge in [-0.25, -0.2) is 9.59 Å². The minimum absolute atomic E-state index is 0.446. The molecule has 0 unspecified atom stereocenters. The maximum atomic E-state index is 11.7. The molecule has 108 valence electrons. The van der Waals surface area contributed by atoms with Gasteiger partial charge in [0.2, 0.25) is 0 Å². The van der Waals surface area contributed by atoms with E-state index in [1.54, 1.807) is 20.8 Å². The van der Waals surface area contributed by atoms with Gasteiger partial charge in [0.1, 0.15) is 11.6 Å². The van der Waals surface area contributed by atoms with E-state index in [0.717, 1.165) is 19.3 Å². The predicted molar refractivity (Wildman–Crippen MR) is 71.7 cm³/mol. The van der Waals surface area contributed by atoms with Gasteiger partial charge in [0.15, 0.2) is 0 Å². The fraction of sp³-hybridized carbons (Fsp3) is 0.714. The summed E-state index contributed by atoms with van der Waals surface area (Å²) in [6, 6.07) is -0.677. The van der Waals surface area contributed by atoms with Crippen LogP contribution in [0.15, 0.2) is 11.6 Å². The van der Waals surface area contributed by atoms with Crippen molar-refractivity contribution < 1.29 is 19.1 Å². The lowest BCUT2D eigenvalue weighted by atomic mass is 10.1. The van der Waals surface area contributed by atoms with E-state index in [9.17, 15) is 9.59 Å². The topological polar surface area (TPSA) is 64.6 Å². The van der Waals surface area contributed by atoms with Crippen molar-refractivity contribution in [2.45, 2.75) is 58.1 Å². The summed E-state index contributed by atoms with van der Waals surface area (Å²) in [5.41, 5.74) is 0.601. The summed E-state index contributed by atoms with van der Waals surface area (Å²) in [6.07, 6.45) is 5.13. The second-order valence-electron chi connectivity index (χ2n) is 5.68. The first-order chi connectivity index (χ1) is 8.81. The van der Waals surface area contributed by atoms with Crippen LogP contribution in [0, 0.1) is 0 Å². The molecule has 1 atom stereocenters. The van der Waals surface area contributed by atoms with Crippen molar-refractivity contribution in [2.75, 3.05) is 7.11 Å². The van der Waals surface area contributed by atoms with Crippen molar-refractivity contribution in [3.05, 3.63) is 11.6 Å². The Bertz CT molecular complexity index is 368. The lowest BCUT2D eigenvalue weighted by molar-refractivity contribution is -0.143. The van der Waals surface area contributed by atoms with Gasteiger partial charge in [-0.1, -0.05) is 11.6 Å². The second kappa shape index (κ2) is 6.59. The van der Waals surface area contributed by atoms with Crippen LogP contribution in [0.4, 0.5) is 4.79 Å². The summed E-state index contributed by atoms with van der Waals surface area (Å²) in [4.78, 5) is 23.4. The Kier molecular flexibility index (Phi) is 5.39. The predicted octanol–water partition coefficient (Wildman–Crippen LogP) is 2.55. The normalized spacial score (nSPS) is 16.5. The largest absolute Gasteiger partial charge is 0.467 e. The highest BCUT2D eigenvalue weighted by Gasteiger charge is 2.26. The first-order valence-corrected chi connectivity index (χ1v) is 6.57. The van der Waals surface area contributed by atoms with Crippen LogP contribution in [0.1, 0.15) is 46.5 Å². The molecule has 0 saturated heterocycles. The summed E-state index contributed by atoms with van der Waals surface area (Å²) >= 11 is 0. The molecule has 0 bridgehead atoms. The van der Waals surface area contributed by atoms with E-state index in [1.165, 1.54) is 12.7 Å². The molecule has 1 N–H and O–H groups in total. The van der Waals surface area contributed by atoms with Crippen LogP contribution >= 0.6 is 0 Å². The Morgan fingerprint density at radius 1 is 1.42 bits per heavy atom. The molecule has 0 aromatic rings.